The van der Waals surface area contributed by atoms with Gasteiger partial charge < -0.3 is 9.64 Å². The van der Waals surface area contributed by atoms with E-state index < -0.39 is 5.54 Å². The molecule has 0 spiro atoms. The van der Waals surface area contributed by atoms with Crippen molar-refractivity contribution in [2.24, 2.45) is 0 Å². The van der Waals surface area contributed by atoms with Crippen molar-refractivity contribution in [2.45, 2.75) is 33.2 Å². The van der Waals surface area contributed by atoms with Crippen molar-refractivity contribution >= 4 is 5.69 Å². The Balaban J connectivity index is 3.02. The molecule has 0 aliphatic rings. The minimum Gasteiger partial charge on any atom is -0.494 e. The molecule has 0 N–H and O–H groups in total. The van der Waals surface area contributed by atoms with Gasteiger partial charge in [0.05, 0.1) is 12.7 Å². The summed E-state index contributed by atoms with van der Waals surface area (Å²) in [7, 11) is 1.93. The molecule has 1 aromatic carbocycles. The average Bonchev–Trinajstić information content (AvgIpc) is 2.31. The highest BCUT2D eigenvalue weighted by Gasteiger charge is 2.23. The fourth-order valence-corrected chi connectivity index (χ4v) is 1.56. The Bertz CT molecular complexity index is 432. The molecule has 3 nitrogen and oxygen atoms in total. The van der Waals surface area contributed by atoms with Crippen molar-refractivity contribution in [2.75, 3.05) is 18.6 Å². The van der Waals surface area contributed by atoms with Crippen LogP contribution in [0.1, 0.15) is 26.3 Å². The van der Waals surface area contributed by atoms with Gasteiger partial charge >= 0.3 is 0 Å². The predicted molar refractivity (Wildman–Crippen MR) is 70.4 cm³/mol. The second-order valence-corrected chi connectivity index (χ2v) is 4.61. The largest absolute Gasteiger partial charge is 0.494 e. The van der Waals surface area contributed by atoms with Gasteiger partial charge in [0.1, 0.15) is 11.3 Å². The Hall–Kier alpha value is -1.69. The number of ether oxygens (including phenoxy) is 1. The maximum absolute atomic E-state index is 9.12. The summed E-state index contributed by atoms with van der Waals surface area (Å²) in [4.78, 5) is 1.97. The minimum atomic E-state index is -0.514. The summed E-state index contributed by atoms with van der Waals surface area (Å²) < 4.78 is 5.50. The molecule has 0 saturated carbocycles. The Morgan fingerprint density at radius 2 is 2.06 bits per heavy atom. The molecule has 0 aromatic heterocycles. The van der Waals surface area contributed by atoms with Crippen molar-refractivity contribution in [1.29, 1.82) is 5.26 Å². The van der Waals surface area contributed by atoms with Crippen LogP contribution in [0.15, 0.2) is 18.2 Å². The topological polar surface area (TPSA) is 36.3 Å². The molecule has 1 rings (SSSR count). The van der Waals surface area contributed by atoms with Crippen LogP contribution in [0.25, 0.3) is 0 Å². The molecule has 0 bridgehead atoms. The second kappa shape index (κ2) is 5.09. The highest BCUT2D eigenvalue weighted by atomic mass is 16.5. The van der Waals surface area contributed by atoms with E-state index in [4.69, 9.17) is 10.00 Å². The van der Waals surface area contributed by atoms with Crippen molar-refractivity contribution < 1.29 is 4.74 Å². The first kappa shape index (κ1) is 13.4. The number of hydrogen-bond donors (Lipinski definition) is 0. The molecule has 0 atom stereocenters. The smallest absolute Gasteiger partial charge is 0.122 e. The van der Waals surface area contributed by atoms with Gasteiger partial charge in [-0.05, 0) is 51.5 Å². The van der Waals surface area contributed by atoms with E-state index in [0.717, 1.165) is 17.0 Å². The van der Waals surface area contributed by atoms with Crippen LogP contribution in [0.2, 0.25) is 0 Å². The number of rotatable bonds is 4. The molecular weight excluding hydrogens is 212 g/mol. The third-order valence-electron chi connectivity index (χ3n) is 2.96. The van der Waals surface area contributed by atoms with E-state index in [1.54, 1.807) is 0 Å². The van der Waals surface area contributed by atoms with E-state index in [1.807, 2.05) is 57.8 Å². The summed E-state index contributed by atoms with van der Waals surface area (Å²) in [6, 6.07) is 8.28. The Labute approximate surface area is 104 Å². The van der Waals surface area contributed by atoms with E-state index in [-0.39, 0.29) is 0 Å². The zero-order chi connectivity index (χ0) is 13.1. The number of nitriles is 1. The quantitative estimate of drug-likeness (QED) is 0.800. The van der Waals surface area contributed by atoms with Gasteiger partial charge in [-0.3, -0.25) is 0 Å². The van der Waals surface area contributed by atoms with Gasteiger partial charge in [0.25, 0.3) is 0 Å². The number of anilines is 1. The zero-order valence-corrected chi connectivity index (χ0v) is 11.2. The summed E-state index contributed by atoms with van der Waals surface area (Å²) in [6.07, 6.45) is 0. The first-order valence-electron chi connectivity index (χ1n) is 5.81. The van der Waals surface area contributed by atoms with E-state index in [2.05, 4.69) is 6.07 Å². The van der Waals surface area contributed by atoms with Gasteiger partial charge in [-0.1, -0.05) is 0 Å². The van der Waals surface area contributed by atoms with Gasteiger partial charge in [0, 0.05) is 12.7 Å². The maximum atomic E-state index is 9.12. The first-order valence-corrected chi connectivity index (χ1v) is 5.81. The lowest BCUT2D eigenvalue weighted by Gasteiger charge is -2.31. The van der Waals surface area contributed by atoms with Crippen molar-refractivity contribution in [1.82, 2.24) is 0 Å². The monoisotopic (exact) mass is 232 g/mol. The molecule has 0 fully saturated rings. The minimum absolute atomic E-state index is 0.514. The molecule has 3 heteroatoms. The van der Waals surface area contributed by atoms with Gasteiger partial charge in [-0.15, -0.1) is 0 Å². The Morgan fingerprint density at radius 3 is 2.53 bits per heavy atom. The molecule has 92 valence electrons. The second-order valence-electron chi connectivity index (χ2n) is 4.61. The zero-order valence-electron chi connectivity index (χ0n) is 11.2. The van der Waals surface area contributed by atoms with Crippen molar-refractivity contribution in [3.63, 3.8) is 0 Å². The molecule has 0 heterocycles. The SMILES string of the molecule is CCOc1ccc(N(C)C(C)(C)C#N)cc1C. The third-order valence-corrected chi connectivity index (χ3v) is 2.96. The fourth-order valence-electron chi connectivity index (χ4n) is 1.56. The molecule has 0 aliphatic heterocycles. The van der Waals surface area contributed by atoms with Crippen LogP contribution in [-0.2, 0) is 0 Å². The number of nitrogens with zero attached hydrogens (tertiary/aromatic N) is 2. The van der Waals surface area contributed by atoms with Gasteiger partial charge in [0.15, 0.2) is 0 Å². The molecule has 0 unspecified atom stereocenters. The third kappa shape index (κ3) is 2.91. The summed E-state index contributed by atoms with van der Waals surface area (Å²) in [5.74, 6) is 0.902. The molecule has 1 aromatic rings. The van der Waals surface area contributed by atoms with Crippen LogP contribution >= 0.6 is 0 Å². The summed E-state index contributed by atoms with van der Waals surface area (Å²) in [5, 5.41) is 9.12. The van der Waals surface area contributed by atoms with Gasteiger partial charge in [-0.25, -0.2) is 0 Å². The maximum Gasteiger partial charge on any atom is 0.122 e. The van der Waals surface area contributed by atoms with Crippen molar-refractivity contribution in [3.8, 4) is 11.8 Å². The summed E-state index contributed by atoms with van der Waals surface area (Å²) in [5.41, 5.74) is 1.60. The number of hydrogen-bond acceptors (Lipinski definition) is 3. The summed E-state index contributed by atoms with van der Waals surface area (Å²) >= 11 is 0. The molecular formula is C14H20N2O. The lowest BCUT2D eigenvalue weighted by atomic mass is 10.0. The number of aryl methyl sites for hydroxylation is 1. The molecule has 0 saturated heterocycles. The molecule has 0 aliphatic carbocycles. The summed E-state index contributed by atoms with van der Waals surface area (Å²) in [6.45, 7) is 8.46. The van der Waals surface area contributed by atoms with Crippen LogP contribution in [-0.4, -0.2) is 19.2 Å². The normalized spacial score (nSPS) is 10.8. The van der Waals surface area contributed by atoms with Crippen LogP contribution in [0, 0.1) is 18.3 Å². The van der Waals surface area contributed by atoms with E-state index >= 15 is 0 Å². The van der Waals surface area contributed by atoms with E-state index in [1.165, 1.54) is 0 Å². The Kier molecular flexibility index (Phi) is 4.01. The van der Waals surface area contributed by atoms with E-state index in [0.29, 0.717) is 6.61 Å². The molecule has 0 amide bonds. The molecule has 0 radical (unpaired) electrons. The van der Waals surface area contributed by atoms with Crippen molar-refractivity contribution in [3.05, 3.63) is 23.8 Å². The standard InChI is InChI=1S/C14H20N2O/c1-6-17-13-8-7-12(9-11(13)2)16(5)14(3,4)10-15/h7-9H,6H2,1-5H3. The first-order chi connectivity index (χ1) is 7.92. The fraction of sp³-hybridized carbons (Fsp3) is 0.500. The van der Waals surface area contributed by atoms with Crippen LogP contribution in [0.3, 0.4) is 0 Å². The van der Waals surface area contributed by atoms with Crippen LogP contribution in [0.5, 0.6) is 5.75 Å². The molecule has 17 heavy (non-hydrogen) atoms. The lowest BCUT2D eigenvalue weighted by Crippen LogP contribution is -2.39. The average molecular weight is 232 g/mol. The Morgan fingerprint density at radius 1 is 1.41 bits per heavy atom. The van der Waals surface area contributed by atoms with E-state index in [9.17, 15) is 0 Å². The highest BCUT2D eigenvalue weighted by Crippen LogP contribution is 2.27. The van der Waals surface area contributed by atoms with Gasteiger partial charge in [-0.2, -0.15) is 5.26 Å². The number of benzene rings is 1. The lowest BCUT2D eigenvalue weighted by molar-refractivity contribution is 0.338. The van der Waals surface area contributed by atoms with Crippen LogP contribution < -0.4 is 9.64 Å². The predicted octanol–water partition coefficient (Wildman–Crippen LogP) is 3.13. The van der Waals surface area contributed by atoms with Crippen LogP contribution in [0.4, 0.5) is 5.69 Å². The highest BCUT2D eigenvalue weighted by molar-refractivity contribution is 5.55. The van der Waals surface area contributed by atoms with Gasteiger partial charge in [0.2, 0.25) is 0 Å².